The van der Waals surface area contributed by atoms with Crippen molar-refractivity contribution in [3.63, 3.8) is 0 Å². The first-order valence-corrected chi connectivity index (χ1v) is 11.1. The topological polar surface area (TPSA) is 79.5 Å². The summed E-state index contributed by atoms with van der Waals surface area (Å²) in [6, 6.07) is 14.2. The third kappa shape index (κ3) is 8.38. The van der Waals surface area contributed by atoms with Gasteiger partial charge in [-0.05, 0) is 66.5 Å². The third-order valence-electron chi connectivity index (χ3n) is 4.74. The second-order valence-corrected chi connectivity index (χ2v) is 7.98. The first kappa shape index (κ1) is 24.3. The maximum absolute atomic E-state index is 12.3. The molecule has 0 saturated heterocycles. The van der Waals surface area contributed by atoms with Crippen molar-refractivity contribution >= 4 is 29.1 Å². The number of nitrogens with one attached hydrogen (secondary N) is 3. The van der Waals surface area contributed by atoms with Crippen LogP contribution in [0.3, 0.4) is 0 Å². The zero-order valence-corrected chi connectivity index (χ0v) is 19.2. The summed E-state index contributed by atoms with van der Waals surface area (Å²) in [6.45, 7) is 7.02. The molecule has 0 aliphatic heterocycles. The number of unbranched alkanes of at least 4 members (excludes halogenated alkanes) is 3. The SMILES string of the molecule is CCCCCCOc1ccc(C(=O)NNC(=S)NC(=O)c2ccc(C(C)C)cc2)cc1. The normalized spacial score (nSPS) is 10.5. The zero-order chi connectivity index (χ0) is 22.6. The minimum Gasteiger partial charge on any atom is -0.494 e. The quantitative estimate of drug-likeness (QED) is 0.298. The Kier molecular flexibility index (Phi) is 9.97. The molecule has 0 atom stereocenters. The number of benzene rings is 2. The Bertz CT molecular complexity index is 865. The van der Waals surface area contributed by atoms with E-state index >= 15 is 0 Å². The molecule has 2 aromatic rings. The molecular weight excluding hydrogens is 410 g/mol. The van der Waals surface area contributed by atoms with E-state index in [0.717, 1.165) is 24.2 Å². The summed E-state index contributed by atoms with van der Waals surface area (Å²) in [5, 5.41) is 2.56. The summed E-state index contributed by atoms with van der Waals surface area (Å²) in [5.74, 6) is 0.406. The van der Waals surface area contributed by atoms with Crippen molar-refractivity contribution in [2.45, 2.75) is 52.4 Å². The Labute approximate surface area is 189 Å². The van der Waals surface area contributed by atoms with Gasteiger partial charge in [-0.3, -0.25) is 25.8 Å². The Morgan fingerprint density at radius 2 is 1.48 bits per heavy atom. The molecule has 0 heterocycles. The molecule has 166 valence electrons. The molecule has 6 nitrogen and oxygen atoms in total. The molecule has 0 unspecified atom stereocenters. The van der Waals surface area contributed by atoms with Crippen molar-refractivity contribution < 1.29 is 14.3 Å². The molecule has 0 radical (unpaired) electrons. The van der Waals surface area contributed by atoms with Crippen LogP contribution in [-0.2, 0) is 0 Å². The lowest BCUT2D eigenvalue weighted by atomic mass is 10.0. The number of rotatable bonds is 9. The van der Waals surface area contributed by atoms with E-state index in [1.807, 2.05) is 12.1 Å². The summed E-state index contributed by atoms with van der Waals surface area (Å²) in [6.07, 6.45) is 4.58. The number of hydrazine groups is 1. The van der Waals surface area contributed by atoms with Crippen molar-refractivity contribution in [2.75, 3.05) is 6.61 Å². The molecule has 0 aliphatic rings. The number of carbonyl (C=O) groups is 2. The van der Waals surface area contributed by atoms with Crippen molar-refractivity contribution in [2.24, 2.45) is 0 Å². The molecule has 2 rings (SSSR count). The fraction of sp³-hybridized carbons (Fsp3) is 0.375. The van der Waals surface area contributed by atoms with Gasteiger partial charge in [-0.2, -0.15) is 0 Å². The maximum Gasteiger partial charge on any atom is 0.269 e. The average molecular weight is 442 g/mol. The van der Waals surface area contributed by atoms with E-state index in [4.69, 9.17) is 17.0 Å². The summed E-state index contributed by atoms with van der Waals surface area (Å²) >= 11 is 5.09. The van der Waals surface area contributed by atoms with Crippen LogP contribution in [0.5, 0.6) is 5.75 Å². The summed E-state index contributed by atoms with van der Waals surface area (Å²) in [5.41, 5.74) is 7.12. The lowest BCUT2D eigenvalue weighted by molar-refractivity contribution is 0.0934. The molecule has 0 aliphatic carbocycles. The van der Waals surface area contributed by atoms with Crippen LogP contribution in [0.1, 0.15) is 78.7 Å². The van der Waals surface area contributed by atoms with Gasteiger partial charge in [0.25, 0.3) is 11.8 Å². The standard InChI is InChI=1S/C24H31N3O3S/c1-4-5-6-7-16-30-21-14-12-20(13-15-21)23(29)26-27-24(31)25-22(28)19-10-8-18(9-11-19)17(2)3/h8-15,17H,4-7,16H2,1-3H3,(H,26,29)(H2,25,27,28,31). The molecule has 3 N–H and O–H groups in total. The van der Waals surface area contributed by atoms with Gasteiger partial charge in [-0.1, -0.05) is 52.2 Å². The van der Waals surface area contributed by atoms with Gasteiger partial charge in [0, 0.05) is 11.1 Å². The molecule has 0 aromatic heterocycles. The van der Waals surface area contributed by atoms with E-state index in [1.54, 1.807) is 36.4 Å². The van der Waals surface area contributed by atoms with Gasteiger partial charge in [-0.25, -0.2) is 0 Å². The molecular formula is C24H31N3O3S. The van der Waals surface area contributed by atoms with Crippen LogP contribution in [0.2, 0.25) is 0 Å². The van der Waals surface area contributed by atoms with E-state index in [1.165, 1.54) is 12.8 Å². The van der Waals surface area contributed by atoms with Crippen LogP contribution in [0.25, 0.3) is 0 Å². The van der Waals surface area contributed by atoms with E-state index in [9.17, 15) is 9.59 Å². The Balaban J connectivity index is 1.75. The van der Waals surface area contributed by atoms with E-state index in [2.05, 4.69) is 36.9 Å². The molecule has 7 heteroatoms. The monoisotopic (exact) mass is 441 g/mol. The molecule has 0 fully saturated rings. The second-order valence-electron chi connectivity index (χ2n) is 7.57. The van der Waals surface area contributed by atoms with Crippen molar-refractivity contribution in [3.05, 3.63) is 65.2 Å². The summed E-state index contributed by atoms with van der Waals surface area (Å²) < 4.78 is 5.68. The van der Waals surface area contributed by atoms with E-state index in [0.29, 0.717) is 23.7 Å². The number of ether oxygens (including phenoxy) is 1. The van der Waals surface area contributed by atoms with E-state index < -0.39 is 0 Å². The Morgan fingerprint density at radius 1 is 0.871 bits per heavy atom. The predicted molar refractivity (Wildman–Crippen MR) is 127 cm³/mol. The fourth-order valence-corrected chi connectivity index (χ4v) is 2.98. The molecule has 2 amide bonds. The lowest BCUT2D eigenvalue weighted by Gasteiger charge is -2.12. The zero-order valence-electron chi connectivity index (χ0n) is 18.4. The van der Waals surface area contributed by atoms with Crippen LogP contribution in [0, 0.1) is 0 Å². The van der Waals surface area contributed by atoms with Gasteiger partial charge < -0.3 is 4.74 Å². The highest BCUT2D eigenvalue weighted by Gasteiger charge is 2.10. The molecule has 0 spiro atoms. The Hall–Kier alpha value is -2.93. The van der Waals surface area contributed by atoms with Crippen LogP contribution in [0.4, 0.5) is 0 Å². The van der Waals surface area contributed by atoms with Gasteiger partial charge in [0.1, 0.15) is 5.75 Å². The van der Waals surface area contributed by atoms with Crippen LogP contribution in [0.15, 0.2) is 48.5 Å². The minimum absolute atomic E-state index is 0.0123. The van der Waals surface area contributed by atoms with Gasteiger partial charge in [-0.15, -0.1) is 0 Å². The summed E-state index contributed by atoms with van der Waals surface area (Å²) in [4.78, 5) is 24.5. The lowest BCUT2D eigenvalue weighted by Crippen LogP contribution is -2.48. The van der Waals surface area contributed by atoms with E-state index in [-0.39, 0.29) is 16.9 Å². The van der Waals surface area contributed by atoms with Crippen LogP contribution < -0.4 is 20.9 Å². The minimum atomic E-state index is -0.368. The second kappa shape index (κ2) is 12.7. The number of amides is 2. The fourth-order valence-electron chi connectivity index (χ4n) is 2.83. The number of carbonyl (C=O) groups excluding carboxylic acids is 2. The van der Waals surface area contributed by atoms with Crippen molar-refractivity contribution in [1.82, 2.24) is 16.2 Å². The highest BCUT2D eigenvalue weighted by atomic mass is 32.1. The predicted octanol–water partition coefficient (Wildman–Crippen LogP) is 4.72. The Morgan fingerprint density at radius 3 is 2.10 bits per heavy atom. The number of hydrogen-bond donors (Lipinski definition) is 3. The molecule has 0 saturated carbocycles. The molecule has 2 aromatic carbocycles. The smallest absolute Gasteiger partial charge is 0.269 e. The first-order valence-electron chi connectivity index (χ1n) is 10.6. The molecule has 0 bridgehead atoms. The van der Waals surface area contributed by atoms with Gasteiger partial charge in [0.2, 0.25) is 0 Å². The van der Waals surface area contributed by atoms with Crippen LogP contribution >= 0.6 is 12.2 Å². The highest BCUT2D eigenvalue weighted by molar-refractivity contribution is 7.80. The maximum atomic E-state index is 12.3. The van der Waals surface area contributed by atoms with Gasteiger partial charge in [0.05, 0.1) is 6.61 Å². The number of thiocarbonyl (C=S) groups is 1. The number of hydrogen-bond acceptors (Lipinski definition) is 4. The summed E-state index contributed by atoms with van der Waals surface area (Å²) in [7, 11) is 0. The van der Waals surface area contributed by atoms with Crippen LogP contribution in [-0.4, -0.2) is 23.5 Å². The van der Waals surface area contributed by atoms with Gasteiger partial charge in [0.15, 0.2) is 5.11 Å². The average Bonchev–Trinajstić information content (AvgIpc) is 2.77. The van der Waals surface area contributed by atoms with Crippen molar-refractivity contribution in [1.29, 1.82) is 0 Å². The van der Waals surface area contributed by atoms with Gasteiger partial charge >= 0.3 is 0 Å². The third-order valence-corrected chi connectivity index (χ3v) is 4.94. The largest absolute Gasteiger partial charge is 0.494 e. The first-order chi connectivity index (χ1) is 14.9. The molecule has 31 heavy (non-hydrogen) atoms. The highest BCUT2D eigenvalue weighted by Crippen LogP contribution is 2.15. The van der Waals surface area contributed by atoms with Crippen molar-refractivity contribution in [3.8, 4) is 5.75 Å².